The van der Waals surface area contributed by atoms with Crippen molar-refractivity contribution in [2.75, 3.05) is 0 Å². The third-order valence-electron chi connectivity index (χ3n) is 4.08. The highest BCUT2D eigenvalue weighted by molar-refractivity contribution is 7.13. The second kappa shape index (κ2) is 7.06. The fraction of sp³-hybridized carbons (Fsp3) is 0.667. The fourth-order valence-electron chi connectivity index (χ4n) is 2.83. The molecule has 1 aliphatic rings. The van der Waals surface area contributed by atoms with Gasteiger partial charge in [-0.1, -0.05) is 25.7 Å². The summed E-state index contributed by atoms with van der Waals surface area (Å²) in [5.41, 5.74) is 0. The van der Waals surface area contributed by atoms with Gasteiger partial charge < -0.3 is 10.4 Å². The summed E-state index contributed by atoms with van der Waals surface area (Å²) >= 11 is 1.37. The zero-order valence-electron chi connectivity index (χ0n) is 11.5. The van der Waals surface area contributed by atoms with E-state index in [1.807, 2.05) is 6.07 Å². The van der Waals surface area contributed by atoms with Gasteiger partial charge in [0.2, 0.25) is 0 Å². The summed E-state index contributed by atoms with van der Waals surface area (Å²) in [4.78, 5) is 12.4. The van der Waals surface area contributed by atoms with Gasteiger partial charge in [-0.3, -0.25) is 0 Å². The standard InChI is InChI=1S/C15H23NO2S/c1-11(12-6-4-2-3-5-7-12)16-10-13-8-9-14(19-13)15(17)18/h8-9,11-12,16H,2-7,10H2,1H3,(H,17,18)/t11-/m1/s1. The minimum atomic E-state index is -0.826. The molecule has 19 heavy (non-hydrogen) atoms. The highest BCUT2D eigenvalue weighted by Crippen LogP contribution is 2.26. The normalized spacial score (nSPS) is 19.0. The van der Waals surface area contributed by atoms with Crippen LogP contribution in [0.4, 0.5) is 0 Å². The molecule has 0 aromatic carbocycles. The molecule has 1 atom stereocenters. The number of hydrogen-bond acceptors (Lipinski definition) is 3. The first kappa shape index (κ1) is 14.5. The van der Waals surface area contributed by atoms with E-state index in [1.165, 1.54) is 49.9 Å². The van der Waals surface area contributed by atoms with E-state index in [9.17, 15) is 4.79 Å². The van der Waals surface area contributed by atoms with Crippen molar-refractivity contribution < 1.29 is 9.90 Å². The Kier molecular flexibility index (Phi) is 5.40. The second-order valence-corrected chi connectivity index (χ2v) is 6.66. The molecule has 4 heteroatoms. The minimum Gasteiger partial charge on any atom is -0.477 e. The molecule has 0 spiro atoms. The molecule has 1 fully saturated rings. The third-order valence-corrected chi connectivity index (χ3v) is 5.15. The van der Waals surface area contributed by atoms with Crippen molar-refractivity contribution >= 4 is 17.3 Å². The molecule has 1 aromatic rings. The van der Waals surface area contributed by atoms with Gasteiger partial charge >= 0.3 is 5.97 Å². The van der Waals surface area contributed by atoms with Crippen molar-refractivity contribution in [1.29, 1.82) is 0 Å². The van der Waals surface area contributed by atoms with Crippen LogP contribution in [0.5, 0.6) is 0 Å². The molecule has 1 aromatic heterocycles. The molecule has 0 amide bonds. The summed E-state index contributed by atoms with van der Waals surface area (Å²) < 4.78 is 0. The van der Waals surface area contributed by atoms with Crippen LogP contribution in [0, 0.1) is 5.92 Å². The molecular weight excluding hydrogens is 258 g/mol. The molecule has 1 aliphatic carbocycles. The van der Waals surface area contributed by atoms with Gasteiger partial charge in [-0.15, -0.1) is 11.3 Å². The maximum atomic E-state index is 10.8. The quantitative estimate of drug-likeness (QED) is 0.805. The van der Waals surface area contributed by atoms with E-state index in [4.69, 9.17) is 5.11 Å². The van der Waals surface area contributed by atoms with Crippen LogP contribution in [0.15, 0.2) is 12.1 Å². The second-order valence-electron chi connectivity index (χ2n) is 5.49. The Balaban J connectivity index is 1.81. The van der Waals surface area contributed by atoms with E-state index in [0.717, 1.165) is 17.3 Å². The first-order chi connectivity index (χ1) is 9.16. The Hall–Kier alpha value is -0.870. The van der Waals surface area contributed by atoms with Gasteiger partial charge in [-0.05, 0) is 37.8 Å². The van der Waals surface area contributed by atoms with Crippen molar-refractivity contribution in [2.45, 2.75) is 58.0 Å². The van der Waals surface area contributed by atoms with Crippen molar-refractivity contribution in [1.82, 2.24) is 5.32 Å². The summed E-state index contributed by atoms with van der Waals surface area (Å²) in [5.74, 6) is -0.0468. The predicted octanol–water partition coefficient (Wildman–Crippen LogP) is 3.89. The number of carboxylic acid groups (broad SMARTS) is 1. The fourth-order valence-corrected chi connectivity index (χ4v) is 3.62. The van der Waals surface area contributed by atoms with Crippen LogP contribution < -0.4 is 5.32 Å². The lowest BCUT2D eigenvalue weighted by Crippen LogP contribution is -2.32. The molecule has 0 radical (unpaired) electrons. The summed E-state index contributed by atoms with van der Waals surface area (Å²) in [5, 5.41) is 12.5. The summed E-state index contributed by atoms with van der Waals surface area (Å²) in [6, 6.07) is 4.13. The number of aromatic carboxylic acids is 1. The smallest absolute Gasteiger partial charge is 0.345 e. The van der Waals surface area contributed by atoms with E-state index >= 15 is 0 Å². The Bertz CT molecular complexity index is 408. The maximum absolute atomic E-state index is 10.8. The molecular formula is C15H23NO2S. The Morgan fingerprint density at radius 2 is 2.05 bits per heavy atom. The number of carbonyl (C=O) groups is 1. The lowest BCUT2D eigenvalue weighted by Gasteiger charge is -2.23. The molecule has 3 nitrogen and oxygen atoms in total. The molecule has 0 aliphatic heterocycles. The molecule has 0 bridgehead atoms. The summed E-state index contributed by atoms with van der Waals surface area (Å²) in [6.07, 6.45) is 8.15. The minimum absolute atomic E-state index is 0.430. The molecule has 1 heterocycles. The van der Waals surface area contributed by atoms with Gasteiger partial charge in [-0.25, -0.2) is 4.79 Å². The van der Waals surface area contributed by atoms with Crippen LogP contribution in [0.1, 0.15) is 60.0 Å². The van der Waals surface area contributed by atoms with E-state index in [-0.39, 0.29) is 0 Å². The van der Waals surface area contributed by atoms with Gasteiger partial charge in [0.25, 0.3) is 0 Å². The lowest BCUT2D eigenvalue weighted by molar-refractivity contribution is 0.0702. The SMILES string of the molecule is C[C@@H](NCc1ccc(C(=O)O)s1)C1CCCCCC1. The average molecular weight is 281 g/mol. The van der Waals surface area contributed by atoms with Crippen LogP contribution in [0.25, 0.3) is 0 Å². The maximum Gasteiger partial charge on any atom is 0.345 e. The molecule has 0 saturated heterocycles. The number of carboxylic acids is 1. The first-order valence-corrected chi connectivity index (χ1v) is 8.04. The van der Waals surface area contributed by atoms with Gasteiger partial charge in [-0.2, -0.15) is 0 Å². The molecule has 0 unspecified atom stereocenters. The Morgan fingerprint density at radius 1 is 1.37 bits per heavy atom. The van der Waals surface area contributed by atoms with Crippen molar-refractivity contribution in [3.63, 3.8) is 0 Å². The predicted molar refractivity (Wildman–Crippen MR) is 78.8 cm³/mol. The highest BCUT2D eigenvalue weighted by atomic mass is 32.1. The van der Waals surface area contributed by atoms with Gasteiger partial charge in [0.15, 0.2) is 0 Å². The van der Waals surface area contributed by atoms with Crippen LogP contribution in [-0.4, -0.2) is 17.1 Å². The van der Waals surface area contributed by atoms with E-state index in [1.54, 1.807) is 6.07 Å². The molecule has 1 saturated carbocycles. The van der Waals surface area contributed by atoms with E-state index < -0.39 is 5.97 Å². The number of nitrogens with one attached hydrogen (secondary N) is 1. The van der Waals surface area contributed by atoms with Crippen LogP contribution in [0.2, 0.25) is 0 Å². The lowest BCUT2D eigenvalue weighted by atomic mass is 9.93. The van der Waals surface area contributed by atoms with E-state index in [0.29, 0.717) is 10.9 Å². The number of thiophene rings is 1. The Morgan fingerprint density at radius 3 is 2.63 bits per heavy atom. The molecule has 2 N–H and O–H groups in total. The zero-order valence-corrected chi connectivity index (χ0v) is 12.3. The largest absolute Gasteiger partial charge is 0.477 e. The Labute approximate surface area is 119 Å². The van der Waals surface area contributed by atoms with Gasteiger partial charge in [0.1, 0.15) is 4.88 Å². The van der Waals surface area contributed by atoms with Crippen LogP contribution >= 0.6 is 11.3 Å². The van der Waals surface area contributed by atoms with Crippen molar-refractivity contribution in [3.05, 3.63) is 21.9 Å². The average Bonchev–Trinajstić information content (AvgIpc) is 2.70. The highest BCUT2D eigenvalue weighted by Gasteiger charge is 2.18. The first-order valence-electron chi connectivity index (χ1n) is 7.22. The van der Waals surface area contributed by atoms with Crippen LogP contribution in [0.3, 0.4) is 0 Å². The van der Waals surface area contributed by atoms with Crippen molar-refractivity contribution in [2.24, 2.45) is 5.92 Å². The number of hydrogen-bond donors (Lipinski definition) is 2. The summed E-state index contributed by atoms with van der Waals surface area (Å²) in [7, 11) is 0. The van der Waals surface area contributed by atoms with Crippen LogP contribution in [-0.2, 0) is 6.54 Å². The zero-order chi connectivity index (χ0) is 13.7. The molecule has 106 valence electrons. The number of rotatable bonds is 5. The molecule has 2 rings (SSSR count). The van der Waals surface area contributed by atoms with E-state index in [2.05, 4.69) is 12.2 Å². The third kappa shape index (κ3) is 4.32. The van der Waals surface area contributed by atoms with Gasteiger partial charge in [0.05, 0.1) is 0 Å². The topological polar surface area (TPSA) is 49.3 Å². The monoisotopic (exact) mass is 281 g/mol. The van der Waals surface area contributed by atoms with Gasteiger partial charge in [0, 0.05) is 17.5 Å². The van der Waals surface area contributed by atoms with Crippen molar-refractivity contribution in [3.8, 4) is 0 Å². The summed E-state index contributed by atoms with van der Waals surface area (Å²) in [6.45, 7) is 3.05.